The molecule has 128 valence electrons. The monoisotopic (exact) mass is 334 g/mol. The summed E-state index contributed by atoms with van der Waals surface area (Å²) < 4.78 is 47.4. The molecule has 0 saturated carbocycles. The summed E-state index contributed by atoms with van der Waals surface area (Å²) in [6, 6.07) is 1.19. The van der Waals surface area contributed by atoms with Crippen molar-refractivity contribution in [2.75, 3.05) is 7.11 Å². The number of hydrogen-bond acceptors (Lipinski definition) is 6. The molecule has 1 atom stereocenters. The molecule has 0 N–H and O–H groups in total. The van der Waals surface area contributed by atoms with Gasteiger partial charge in [0.15, 0.2) is 5.92 Å². The maximum absolute atomic E-state index is 12.6. The molecule has 1 aromatic heterocycles. The van der Waals surface area contributed by atoms with Crippen molar-refractivity contribution in [3.63, 3.8) is 0 Å². The van der Waals surface area contributed by atoms with Gasteiger partial charge in [-0.25, -0.2) is 9.97 Å². The molecule has 0 unspecified atom stereocenters. The Morgan fingerprint density at radius 1 is 1.22 bits per heavy atom. The van der Waals surface area contributed by atoms with Gasteiger partial charge in [0, 0.05) is 18.3 Å². The number of aromatic nitrogens is 2. The second kappa shape index (κ2) is 6.93. The van der Waals surface area contributed by atoms with Crippen LogP contribution in [-0.2, 0) is 31.7 Å². The van der Waals surface area contributed by atoms with Gasteiger partial charge in [0.05, 0.1) is 7.11 Å². The number of hydrogen-bond donors (Lipinski definition) is 0. The molecule has 0 radical (unpaired) electrons. The standard InChI is InChI=1S/C14H17F3N2O4/c1-13(2,3)23-11(21)9(10(20)22-4)7-8-5-6-18-12(19-8)14(15,16)17/h5-6,9H,7H2,1-4H3/t9-/m0/s1. The third kappa shape index (κ3) is 5.84. The Bertz CT molecular complexity index is 582. The van der Waals surface area contributed by atoms with Crippen molar-refractivity contribution in [1.82, 2.24) is 9.97 Å². The Labute approximate surface area is 131 Å². The van der Waals surface area contributed by atoms with Crippen molar-refractivity contribution in [2.24, 2.45) is 5.92 Å². The highest BCUT2D eigenvalue weighted by atomic mass is 19.4. The fourth-order valence-corrected chi connectivity index (χ4v) is 1.63. The van der Waals surface area contributed by atoms with E-state index in [1.54, 1.807) is 20.8 Å². The van der Waals surface area contributed by atoms with Gasteiger partial charge in [0.25, 0.3) is 0 Å². The van der Waals surface area contributed by atoms with Gasteiger partial charge in [-0.15, -0.1) is 0 Å². The number of halogens is 3. The summed E-state index contributed by atoms with van der Waals surface area (Å²) in [7, 11) is 1.07. The molecule has 9 heteroatoms. The van der Waals surface area contributed by atoms with E-state index in [-0.39, 0.29) is 12.1 Å². The minimum Gasteiger partial charge on any atom is -0.468 e. The Morgan fingerprint density at radius 3 is 2.30 bits per heavy atom. The average Bonchev–Trinajstić information content (AvgIpc) is 2.41. The molecule has 0 aliphatic heterocycles. The number of alkyl halides is 3. The first-order valence-corrected chi connectivity index (χ1v) is 6.64. The van der Waals surface area contributed by atoms with Crippen LogP contribution in [0.15, 0.2) is 12.3 Å². The molecule has 0 aliphatic carbocycles. The van der Waals surface area contributed by atoms with Crippen molar-refractivity contribution < 1.29 is 32.2 Å². The second-order valence-corrected chi connectivity index (χ2v) is 5.68. The van der Waals surface area contributed by atoms with E-state index in [0.717, 1.165) is 13.3 Å². The molecular weight excluding hydrogens is 317 g/mol. The van der Waals surface area contributed by atoms with Crippen LogP contribution in [0.2, 0.25) is 0 Å². The zero-order valence-electron chi connectivity index (χ0n) is 13.1. The lowest BCUT2D eigenvalue weighted by Gasteiger charge is -2.22. The molecule has 0 fully saturated rings. The number of carbonyl (C=O) groups excluding carboxylic acids is 2. The van der Waals surface area contributed by atoms with E-state index in [1.165, 1.54) is 6.07 Å². The highest BCUT2D eigenvalue weighted by Gasteiger charge is 2.36. The van der Waals surface area contributed by atoms with Crippen LogP contribution in [0.3, 0.4) is 0 Å². The Morgan fingerprint density at radius 2 is 1.83 bits per heavy atom. The fraction of sp³-hybridized carbons (Fsp3) is 0.571. The van der Waals surface area contributed by atoms with Gasteiger partial charge in [0.1, 0.15) is 5.60 Å². The number of methoxy groups -OCH3 is 1. The van der Waals surface area contributed by atoms with E-state index >= 15 is 0 Å². The molecule has 23 heavy (non-hydrogen) atoms. The largest absolute Gasteiger partial charge is 0.468 e. The van der Waals surface area contributed by atoms with E-state index in [0.29, 0.717) is 0 Å². The van der Waals surface area contributed by atoms with Crippen molar-refractivity contribution in [1.29, 1.82) is 0 Å². The quantitative estimate of drug-likeness (QED) is 0.620. The lowest BCUT2D eigenvalue weighted by Crippen LogP contribution is -2.35. The third-order valence-corrected chi connectivity index (χ3v) is 2.56. The van der Waals surface area contributed by atoms with Crippen LogP contribution in [0.5, 0.6) is 0 Å². The maximum atomic E-state index is 12.6. The zero-order valence-corrected chi connectivity index (χ0v) is 13.1. The van der Waals surface area contributed by atoms with Crippen molar-refractivity contribution in [3.05, 3.63) is 23.8 Å². The van der Waals surface area contributed by atoms with Crippen LogP contribution in [0, 0.1) is 5.92 Å². The highest BCUT2D eigenvalue weighted by molar-refractivity contribution is 5.95. The topological polar surface area (TPSA) is 78.4 Å². The minimum absolute atomic E-state index is 0.117. The lowest BCUT2D eigenvalue weighted by molar-refractivity contribution is -0.168. The van der Waals surface area contributed by atoms with Gasteiger partial charge in [-0.2, -0.15) is 13.2 Å². The van der Waals surface area contributed by atoms with Gasteiger partial charge in [-0.1, -0.05) is 0 Å². The van der Waals surface area contributed by atoms with Crippen molar-refractivity contribution in [3.8, 4) is 0 Å². The van der Waals surface area contributed by atoms with Crippen LogP contribution in [0.25, 0.3) is 0 Å². The van der Waals surface area contributed by atoms with Gasteiger partial charge in [-0.05, 0) is 26.8 Å². The number of ether oxygens (including phenoxy) is 2. The number of carbonyl (C=O) groups is 2. The molecule has 0 spiro atoms. The summed E-state index contributed by atoms with van der Waals surface area (Å²) in [6.07, 6.45) is -4.19. The smallest absolute Gasteiger partial charge is 0.451 e. The average molecular weight is 334 g/mol. The molecule has 0 saturated heterocycles. The minimum atomic E-state index is -4.72. The number of rotatable bonds is 4. The zero-order chi connectivity index (χ0) is 17.8. The molecule has 1 heterocycles. The summed E-state index contributed by atoms with van der Waals surface area (Å²) in [5.74, 6) is -4.55. The summed E-state index contributed by atoms with van der Waals surface area (Å²) in [4.78, 5) is 30.2. The molecule has 0 aliphatic rings. The Balaban J connectivity index is 3.03. The summed E-state index contributed by atoms with van der Waals surface area (Å²) >= 11 is 0. The maximum Gasteiger partial charge on any atom is 0.451 e. The Hall–Kier alpha value is -2.19. The van der Waals surface area contributed by atoms with Crippen LogP contribution >= 0.6 is 0 Å². The van der Waals surface area contributed by atoms with E-state index in [4.69, 9.17) is 4.74 Å². The van der Waals surface area contributed by atoms with Gasteiger partial charge in [0.2, 0.25) is 5.82 Å². The lowest BCUT2D eigenvalue weighted by atomic mass is 10.0. The molecule has 0 bridgehead atoms. The van der Waals surface area contributed by atoms with Gasteiger partial charge in [-0.3, -0.25) is 9.59 Å². The van der Waals surface area contributed by atoms with Crippen LogP contribution in [0.1, 0.15) is 32.3 Å². The van der Waals surface area contributed by atoms with Gasteiger partial charge >= 0.3 is 18.1 Å². The third-order valence-electron chi connectivity index (χ3n) is 2.56. The van der Waals surface area contributed by atoms with E-state index in [2.05, 4.69) is 14.7 Å². The molecule has 0 aromatic carbocycles. The molecule has 1 rings (SSSR count). The van der Waals surface area contributed by atoms with Crippen molar-refractivity contribution in [2.45, 2.75) is 39.0 Å². The molecule has 0 amide bonds. The molecule has 6 nitrogen and oxygen atoms in total. The molecule has 1 aromatic rings. The number of esters is 2. The normalized spacial score (nSPS) is 13.3. The fourth-order valence-electron chi connectivity index (χ4n) is 1.63. The van der Waals surface area contributed by atoms with Crippen LogP contribution in [0.4, 0.5) is 13.2 Å². The highest BCUT2D eigenvalue weighted by Crippen LogP contribution is 2.26. The second-order valence-electron chi connectivity index (χ2n) is 5.68. The summed E-state index contributed by atoms with van der Waals surface area (Å²) in [6.45, 7) is 4.81. The van der Waals surface area contributed by atoms with E-state index in [9.17, 15) is 22.8 Å². The molecular formula is C14H17F3N2O4. The predicted octanol–water partition coefficient (Wildman–Crippen LogP) is 2.17. The summed E-state index contributed by atoms with van der Waals surface area (Å²) in [5, 5.41) is 0. The Kier molecular flexibility index (Phi) is 5.68. The van der Waals surface area contributed by atoms with Crippen LogP contribution < -0.4 is 0 Å². The number of nitrogens with zero attached hydrogens (tertiary/aromatic N) is 2. The first kappa shape index (κ1) is 18.9. The van der Waals surface area contributed by atoms with Crippen LogP contribution in [-0.4, -0.2) is 34.6 Å². The first-order valence-electron chi connectivity index (χ1n) is 6.64. The van der Waals surface area contributed by atoms with Crippen molar-refractivity contribution >= 4 is 11.9 Å². The van der Waals surface area contributed by atoms with Gasteiger partial charge < -0.3 is 9.47 Å². The first-order chi connectivity index (χ1) is 10.4. The predicted molar refractivity (Wildman–Crippen MR) is 72.1 cm³/mol. The van der Waals surface area contributed by atoms with E-state index in [1.807, 2.05) is 0 Å². The SMILES string of the molecule is COC(=O)[C@H](Cc1ccnc(C(F)(F)F)n1)C(=O)OC(C)(C)C. The van der Waals surface area contributed by atoms with E-state index < -0.39 is 35.5 Å². The summed E-state index contributed by atoms with van der Waals surface area (Å²) in [5.41, 5.74) is -0.972.